The maximum Gasteiger partial charge on any atom is 0.406 e. The van der Waals surface area contributed by atoms with Gasteiger partial charge in [0.2, 0.25) is 0 Å². The summed E-state index contributed by atoms with van der Waals surface area (Å²) in [6.07, 6.45) is -4.36. The molecule has 9 heteroatoms. The van der Waals surface area contributed by atoms with Crippen molar-refractivity contribution in [2.45, 2.75) is 40.0 Å². The summed E-state index contributed by atoms with van der Waals surface area (Å²) >= 11 is 0. The van der Waals surface area contributed by atoms with Crippen LogP contribution in [0.5, 0.6) is 0 Å². The number of aryl methyl sites for hydroxylation is 2. The van der Waals surface area contributed by atoms with Crippen molar-refractivity contribution in [2.75, 3.05) is 20.7 Å². The Hall–Kier alpha value is -2.55. The summed E-state index contributed by atoms with van der Waals surface area (Å²) in [5.74, 6) is 0.0943. The fraction of sp³-hybridized carbons (Fsp3) is 0.474. The second kappa shape index (κ2) is 8.22. The highest BCUT2D eigenvalue weighted by Gasteiger charge is 2.30. The van der Waals surface area contributed by atoms with Crippen molar-refractivity contribution in [3.05, 3.63) is 46.2 Å². The van der Waals surface area contributed by atoms with Gasteiger partial charge in [0.15, 0.2) is 5.78 Å². The Kier molecular flexibility index (Phi) is 6.38. The molecule has 0 spiro atoms. The van der Waals surface area contributed by atoms with E-state index in [1.807, 2.05) is 0 Å². The highest BCUT2D eigenvalue weighted by Crippen LogP contribution is 2.24. The molecule has 2 aromatic heterocycles. The molecule has 0 aromatic carbocycles. The molecule has 0 amide bonds. The highest BCUT2D eigenvalue weighted by molar-refractivity contribution is 5.99. The van der Waals surface area contributed by atoms with E-state index in [1.165, 1.54) is 20.1 Å². The number of methoxy groups -OCH3 is 1. The third-order valence-corrected chi connectivity index (χ3v) is 4.42. The molecule has 0 unspecified atom stereocenters. The van der Waals surface area contributed by atoms with Crippen molar-refractivity contribution in [3.63, 3.8) is 0 Å². The summed E-state index contributed by atoms with van der Waals surface area (Å²) < 4.78 is 49.4. The van der Waals surface area contributed by atoms with Crippen molar-refractivity contribution in [1.29, 1.82) is 0 Å². The summed E-state index contributed by atoms with van der Waals surface area (Å²) in [7, 11) is 2.96. The molecule has 0 saturated heterocycles. The number of ketones is 1. The molecule has 0 radical (unpaired) electrons. The number of rotatable bonds is 7. The molecule has 0 fully saturated rings. The minimum absolute atomic E-state index is 0.0103. The van der Waals surface area contributed by atoms with Crippen LogP contribution in [0.2, 0.25) is 0 Å². The van der Waals surface area contributed by atoms with Crippen LogP contribution < -0.4 is 0 Å². The van der Waals surface area contributed by atoms with E-state index in [2.05, 4.69) is 4.74 Å². The van der Waals surface area contributed by atoms with Crippen LogP contribution in [0.25, 0.3) is 0 Å². The van der Waals surface area contributed by atoms with E-state index >= 15 is 0 Å². The van der Waals surface area contributed by atoms with Crippen molar-refractivity contribution in [3.8, 4) is 0 Å². The van der Waals surface area contributed by atoms with E-state index in [0.717, 1.165) is 4.57 Å². The number of likely N-dealkylation sites (N-methyl/N-ethyl adjacent to an activating group) is 1. The Balaban J connectivity index is 2.09. The maximum atomic E-state index is 12.7. The summed E-state index contributed by atoms with van der Waals surface area (Å²) in [5.41, 5.74) is 1.24. The summed E-state index contributed by atoms with van der Waals surface area (Å²) in [5, 5.41) is 0. The molecular weight excluding hydrogens is 377 g/mol. The van der Waals surface area contributed by atoms with Crippen LogP contribution in [-0.4, -0.2) is 48.1 Å². The number of ether oxygens (including phenoxy) is 1. The number of Topliss-reactive ketones (excluding diaryl/α,β-unsaturated/α-hetero) is 1. The number of hydrogen-bond donors (Lipinski definition) is 0. The molecule has 28 heavy (non-hydrogen) atoms. The summed E-state index contributed by atoms with van der Waals surface area (Å²) in [6.45, 7) is 3.80. The minimum Gasteiger partial charge on any atom is -0.465 e. The van der Waals surface area contributed by atoms with Gasteiger partial charge in [-0.25, -0.2) is 4.79 Å². The smallest absolute Gasteiger partial charge is 0.406 e. The number of carbonyl (C=O) groups is 2. The van der Waals surface area contributed by atoms with Gasteiger partial charge in [-0.2, -0.15) is 13.2 Å². The topological polar surface area (TPSA) is 64.7 Å². The zero-order valence-corrected chi connectivity index (χ0v) is 16.4. The van der Waals surface area contributed by atoms with Gasteiger partial charge in [-0.05, 0) is 40.0 Å². The van der Waals surface area contributed by atoms with E-state index < -0.39 is 18.7 Å². The van der Waals surface area contributed by atoms with Crippen LogP contribution in [-0.2, 0) is 17.8 Å². The Labute approximate surface area is 160 Å². The number of furan rings is 1. The van der Waals surface area contributed by atoms with Gasteiger partial charge in [0.25, 0.3) is 0 Å². The number of hydrogen-bond acceptors (Lipinski definition) is 5. The quantitative estimate of drug-likeness (QED) is 0.524. The average molecular weight is 400 g/mol. The molecule has 2 rings (SSSR count). The standard InChI is InChI=1S/C19H23F3N2O4/c1-11-6-15(12(2)24(11)10-19(20,21)22)17(25)9-23(4)8-14-7-16(13(3)28-14)18(26)27-5/h6-7H,8-10H2,1-5H3. The van der Waals surface area contributed by atoms with Crippen LogP contribution in [0.3, 0.4) is 0 Å². The lowest BCUT2D eigenvalue weighted by Gasteiger charge is -2.15. The fourth-order valence-electron chi connectivity index (χ4n) is 3.09. The first-order valence-electron chi connectivity index (χ1n) is 8.55. The van der Waals surface area contributed by atoms with Crippen LogP contribution in [0, 0.1) is 20.8 Å². The third kappa shape index (κ3) is 5.03. The van der Waals surface area contributed by atoms with Crippen LogP contribution in [0.1, 0.15) is 43.6 Å². The first-order chi connectivity index (χ1) is 12.9. The third-order valence-electron chi connectivity index (χ3n) is 4.42. The zero-order chi connectivity index (χ0) is 21.2. The predicted octanol–water partition coefficient (Wildman–Crippen LogP) is 3.67. The van der Waals surface area contributed by atoms with Gasteiger partial charge >= 0.3 is 12.1 Å². The molecule has 0 aliphatic heterocycles. The number of aromatic nitrogens is 1. The average Bonchev–Trinajstić information content (AvgIpc) is 3.07. The predicted molar refractivity (Wildman–Crippen MR) is 95.4 cm³/mol. The lowest BCUT2D eigenvalue weighted by atomic mass is 10.1. The van der Waals surface area contributed by atoms with E-state index in [0.29, 0.717) is 22.8 Å². The Morgan fingerprint density at radius 1 is 1.18 bits per heavy atom. The second-order valence-corrected chi connectivity index (χ2v) is 6.76. The molecule has 2 heterocycles. The number of nitrogens with zero attached hydrogens (tertiary/aromatic N) is 2. The van der Waals surface area contributed by atoms with E-state index in [9.17, 15) is 22.8 Å². The van der Waals surface area contributed by atoms with Gasteiger partial charge in [-0.1, -0.05) is 0 Å². The lowest BCUT2D eigenvalue weighted by molar-refractivity contribution is -0.141. The second-order valence-electron chi connectivity index (χ2n) is 6.76. The molecule has 0 aliphatic rings. The Morgan fingerprint density at radius 3 is 2.39 bits per heavy atom. The van der Waals surface area contributed by atoms with Crippen molar-refractivity contribution in [1.82, 2.24) is 9.47 Å². The first kappa shape index (κ1) is 21.7. The van der Waals surface area contributed by atoms with E-state index in [4.69, 9.17) is 4.42 Å². The molecule has 0 atom stereocenters. The normalized spacial score (nSPS) is 11.9. The lowest BCUT2D eigenvalue weighted by Crippen LogP contribution is -2.26. The summed E-state index contributed by atoms with van der Waals surface area (Å²) in [4.78, 5) is 25.9. The monoisotopic (exact) mass is 400 g/mol. The van der Waals surface area contributed by atoms with E-state index in [-0.39, 0.29) is 30.1 Å². The van der Waals surface area contributed by atoms with Gasteiger partial charge in [0, 0.05) is 17.0 Å². The van der Waals surface area contributed by atoms with Crippen LogP contribution in [0.15, 0.2) is 16.5 Å². The van der Waals surface area contributed by atoms with Gasteiger partial charge in [0.1, 0.15) is 23.6 Å². The number of halogens is 3. The first-order valence-corrected chi connectivity index (χ1v) is 8.55. The molecule has 0 N–H and O–H groups in total. The van der Waals surface area contributed by atoms with Crippen molar-refractivity contribution < 1.29 is 31.9 Å². The molecule has 2 aromatic rings. The van der Waals surface area contributed by atoms with Gasteiger partial charge in [-0.15, -0.1) is 0 Å². The molecule has 0 saturated carbocycles. The molecule has 6 nitrogen and oxygen atoms in total. The van der Waals surface area contributed by atoms with Crippen molar-refractivity contribution in [2.24, 2.45) is 0 Å². The fourth-order valence-corrected chi connectivity index (χ4v) is 3.09. The number of esters is 1. The zero-order valence-electron chi connectivity index (χ0n) is 16.4. The molecule has 0 bridgehead atoms. The molecule has 154 valence electrons. The maximum absolute atomic E-state index is 12.7. The molecular formula is C19H23F3N2O4. The Bertz CT molecular complexity index is 881. The van der Waals surface area contributed by atoms with Crippen LogP contribution in [0.4, 0.5) is 13.2 Å². The number of carbonyl (C=O) groups excluding carboxylic acids is 2. The van der Waals surface area contributed by atoms with Crippen molar-refractivity contribution >= 4 is 11.8 Å². The molecule has 0 aliphatic carbocycles. The van der Waals surface area contributed by atoms with Crippen LogP contribution >= 0.6 is 0 Å². The van der Waals surface area contributed by atoms with Gasteiger partial charge < -0.3 is 13.7 Å². The van der Waals surface area contributed by atoms with Gasteiger partial charge in [-0.3, -0.25) is 9.69 Å². The number of alkyl halides is 3. The highest BCUT2D eigenvalue weighted by atomic mass is 19.4. The Morgan fingerprint density at radius 2 is 1.82 bits per heavy atom. The SMILES string of the molecule is COC(=O)c1cc(CN(C)CC(=O)c2cc(C)n(CC(F)(F)F)c2C)oc1C. The van der Waals surface area contributed by atoms with Gasteiger partial charge in [0.05, 0.1) is 20.2 Å². The summed E-state index contributed by atoms with van der Waals surface area (Å²) in [6, 6.07) is 3.03. The largest absolute Gasteiger partial charge is 0.465 e. The van der Waals surface area contributed by atoms with E-state index in [1.54, 1.807) is 31.9 Å². The minimum atomic E-state index is -4.36.